The summed E-state index contributed by atoms with van der Waals surface area (Å²) in [5.41, 5.74) is 2.30. The van der Waals surface area contributed by atoms with Crippen LogP contribution in [0.3, 0.4) is 0 Å². The minimum Gasteiger partial charge on any atom is -0.358 e. The number of aryl methyl sites for hydroxylation is 1. The molecule has 8 nitrogen and oxygen atoms in total. The van der Waals surface area contributed by atoms with Crippen molar-refractivity contribution in [1.82, 2.24) is 23.9 Å². The Balaban J connectivity index is 2.00. The molecular weight excluding hydrogens is 356 g/mol. The molecule has 0 aliphatic rings. The predicted octanol–water partition coefficient (Wildman–Crippen LogP) is 4.11. The summed E-state index contributed by atoms with van der Waals surface area (Å²) >= 11 is 6.24. The lowest BCUT2D eigenvalue weighted by molar-refractivity contribution is -0.389. The number of rotatable bonds is 5. The highest BCUT2D eigenvalue weighted by molar-refractivity contribution is 6.33. The average Bonchev–Trinajstić information content (AvgIpc) is 3.21. The van der Waals surface area contributed by atoms with E-state index < -0.39 is 4.92 Å². The SMILES string of the molecule is CCCCn1cnc2c1ncn1c([N+](=O)[O-])c(-c3ccccc3Cl)nc21. The number of fused-ring (bicyclic) bond motifs is 3. The van der Waals surface area contributed by atoms with Crippen molar-refractivity contribution in [2.45, 2.75) is 26.3 Å². The van der Waals surface area contributed by atoms with E-state index in [4.69, 9.17) is 11.6 Å². The van der Waals surface area contributed by atoms with Crippen molar-refractivity contribution < 1.29 is 4.92 Å². The first-order valence-electron chi connectivity index (χ1n) is 8.23. The third kappa shape index (κ3) is 2.50. The van der Waals surface area contributed by atoms with Crippen LogP contribution in [0.1, 0.15) is 19.8 Å². The number of nitrogens with zero attached hydrogens (tertiary/aromatic N) is 6. The molecule has 0 atom stereocenters. The Morgan fingerprint density at radius 3 is 2.73 bits per heavy atom. The number of halogens is 1. The number of aromatic nitrogens is 5. The molecule has 3 aromatic heterocycles. The van der Waals surface area contributed by atoms with Crippen LogP contribution in [0.5, 0.6) is 0 Å². The zero-order valence-electron chi connectivity index (χ0n) is 14.0. The number of nitro groups is 1. The average molecular weight is 371 g/mol. The van der Waals surface area contributed by atoms with Gasteiger partial charge in [-0.05, 0) is 17.4 Å². The normalized spacial score (nSPS) is 11.5. The second-order valence-electron chi connectivity index (χ2n) is 5.92. The molecule has 1 aromatic carbocycles. The highest BCUT2D eigenvalue weighted by Crippen LogP contribution is 2.35. The van der Waals surface area contributed by atoms with E-state index >= 15 is 0 Å². The molecule has 0 radical (unpaired) electrons. The van der Waals surface area contributed by atoms with E-state index in [9.17, 15) is 10.1 Å². The molecule has 0 saturated heterocycles. The lowest BCUT2D eigenvalue weighted by Crippen LogP contribution is -2.00. The first-order valence-corrected chi connectivity index (χ1v) is 8.60. The van der Waals surface area contributed by atoms with Crippen molar-refractivity contribution >= 4 is 34.2 Å². The lowest BCUT2D eigenvalue weighted by atomic mass is 10.1. The van der Waals surface area contributed by atoms with Crippen LogP contribution in [0.2, 0.25) is 5.02 Å². The first-order chi connectivity index (χ1) is 12.6. The fraction of sp³-hybridized carbons (Fsp3) is 0.235. The summed E-state index contributed by atoms with van der Waals surface area (Å²) in [4.78, 5) is 24.5. The molecule has 0 bridgehead atoms. The monoisotopic (exact) mass is 370 g/mol. The zero-order chi connectivity index (χ0) is 18.3. The van der Waals surface area contributed by atoms with Gasteiger partial charge in [-0.2, -0.15) is 14.4 Å². The van der Waals surface area contributed by atoms with Gasteiger partial charge in [0.15, 0.2) is 23.2 Å². The van der Waals surface area contributed by atoms with Gasteiger partial charge in [0.2, 0.25) is 0 Å². The molecule has 0 aliphatic carbocycles. The maximum atomic E-state index is 11.7. The Morgan fingerprint density at radius 2 is 2.00 bits per heavy atom. The Hall–Kier alpha value is -3.00. The molecule has 0 N–H and O–H groups in total. The summed E-state index contributed by atoms with van der Waals surface area (Å²) in [6, 6.07) is 6.92. The number of imidazole rings is 2. The van der Waals surface area contributed by atoms with Crippen LogP contribution >= 0.6 is 11.6 Å². The minimum absolute atomic E-state index is 0.175. The van der Waals surface area contributed by atoms with Crippen LogP contribution in [-0.2, 0) is 6.54 Å². The molecule has 3 heterocycles. The topological polar surface area (TPSA) is 91.2 Å². The second-order valence-corrected chi connectivity index (χ2v) is 6.33. The van der Waals surface area contributed by atoms with Crippen LogP contribution in [0.15, 0.2) is 36.9 Å². The van der Waals surface area contributed by atoms with Crippen LogP contribution in [0.25, 0.3) is 28.1 Å². The highest BCUT2D eigenvalue weighted by atomic mass is 35.5. The standard InChI is InChI=1S/C17H15ClN6O2/c1-2-3-8-22-9-19-14-15(22)20-10-23-16(14)21-13(17(23)24(25)26)11-6-4-5-7-12(11)18/h4-7,9-10H,2-3,8H2,1H3. The van der Waals surface area contributed by atoms with Gasteiger partial charge in [0.25, 0.3) is 5.65 Å². The molecule has 4 aromatic rings. The lowest BCUT2D eigenvalue weighted by Gasteiger charge is -2.01. The Labute approximate surface area is 153 Å². The van der Waals surface area contributed by atoms with Crippen molar-refractivity contribution in [3.8, 4) is 11.3 Å². The van der Waals surface area contributed by atoms with E-state index in [1.807, 2.05) is 4.57 Å². The molecule has 26 heavy (non-hydrogen) atoms. The summed E-state index contributed by atoms with van der Waals surface area (Å²) in [6.45, 7) is 2.90. The van der Waals surface area contributed by atoms with Gasteiger partial charge in [0, 0.05) is 12.1 Å². The molecule has 9 heteroatoms. The van der Waals surface area contributed by atoms with E-state index in [2.05, 4.69) is 21.9 Å². The maximum absolute atomic E-state index is 11.7. The van der Waals surface area contributed by atoms with E-state index in [1.165, 1.54) is 10.7 Å². The largest absolute Gasteiger partial charge is 0.358 e. The molecule has 132 valence electrons. The van der Waals surface area contributed by atoms with Crippen molar-refractivity contribution in [2.75, 3.05) is 0 Å². The Bertz CT molecular complexity index is 1130. The quantitative estimate of drug-likeness (QED) is 0.389. The number of benzene rings is 1. The van der Waals surface area contributed by atoms with E-state index in [0.29, 0.717) is 27.4 Å². The zero-order valence-corrected chi connectivity index (χ0v) is 14.7. The number of hydrogen-bond acceptors (Lipinski definition) is 5. The van der Waals surface area contributed by atoms with Gasteiger partial charge in [-0.15, -0.1) is 0 Å². The predicted molar refractivity (Wildman–Crippen MR) is 98.3 cm³/mol. The molecule has 0 saturated carbocycles. The van der Waals surface area contributed by atoms with E-state index in [0.717, 1.165) is 19.4 Å². The smallest absolute Gasteiger partial charge is 0.357 e. The van der Waals surface area contributed by atoms with Gasteiger partial charge in [-0.3, -0.25) is 0 Å². The van der Waals surface area contributed by atoms with Crippen LogP contribution < -0.4 is 0 Å². The Morgan fingerprint density at radius 1 is 1.19 bits per heavy atom. The number of unbranched alkanes of at least 4 members (excludes halogenated alkanes) is 1. The minimum atomic E-state index is -0.472. The summed E-state index contributed by atoms with van der Waals surface area (Å²) in [5, 5.41) is 12.1. The third-order valence-corrected chi connectivity index (χ3v) is 4.59. The summed E-state index contributed by atoms with van der Waals surface area (Å²) in [5.74, 6) is -0.175. The van der Waals surface area contributed by atoms with Crippen molar-refractivity contribution in [2.24, 2.45) is 0 Å². The van der Waals surface area contributed by atoms with E-state index in [-0.39, 0.29) is 11.5 Å². The fourth-order valence-electron chi connectivity index (χ4n) is 2.98. The summed E-state index contributed by atoms with van der Waals surface area (Å²) in [6.07, 6.45) is 5.17. The molecule has 4 rings (SSSR count). The maximum Gasteiger partial charge on any atom is 0.357 e. The van der Waals surface area contributed by atoms with Crippen LogP contribution in [-0.4, -0.2) is 28.8 Å². The molecule has 0 unspecified atom stereocenters. The van der Waals surface area contributed by atoms with Gasteiger partial charge in [-0.25, -0.2) is 4.98 Å². The van der Waals surface area contributed by atoms with Gasteiger partial charge in [-0.1, -0.05) is 43.1 Å². The summed E-state index contributed by atoms with van der Waals surface area (Å²) < 4.78 is 3.30. The van der Waals surface area contributed by atoms with Crippen molar-refractivity contribution in [1.29, 1.82) is 0 Å². The second kappa shape index (κ2) is 6.38. The van der Waals surface area contributed by atoms with Gasteiger partial charge < -0.3 is 14.7 Å². The van der Waals surface area contributed by atoms with Crippen molar-refractivity contribution in [3.05, 3.63) is 52.1 Å². The molecular formula is C17H15ClN6O2. The highest BCUT2D eigenvalue weighted by Gasteiger charge is 2.28. The van der Waals surface area contributed by atoms with Gasteiger partial charge >= 0.3 is 5.82 Å². The summed E-state index contributed by atoms with van der Waals surface area (Å²) in [7, 11) is 0. The van der Waals surface area contributed by atoms with Crippen LogP contribution in [0, 0.1) is 10.1 Å². The molecule has 0 amide bonds. The van der Waals surface area contributed by atoms with Crippen LogP contribution in [0.4, 0.5) is 5.82 Å². The molecule has 0 aliphatic heterocycles. The molecule has 0 fully saturated rings. The van der Waals surface area contributed by atoms with Gasteiger partial charge in [0.1, 0.15) is 0 Å². The third-order valence-electron chi connectivity index (χ3n) is 4.26. The number of hydrogen-bond donors (Lipinski definition) is 0. The molecule has 0 spiro atoms. The Kier molecular flexibility index (Phi) is 4.04. The van der Waals surface area contributed by atoms with Gasteiger partial charge in [0.05, 0.1) is 11.3 Å². The van der Waals surface area contributed by atoms with E-state index in [1.54, 1.807) is 30.6 Å². The van der Waals surface area contributed by atoms with Crippen molar-refractivity contribution in [3.63, 3.8) is 0 Å². The fourth-order valence-corrected chi connectivity index (χ4v) is 3.21. The first kappa shape index (κ1) is 16.5.